The molecule has 0 spiro atoms. The van der Waals surface area contributed by atoms with Crippen molar-refractivity contribution in [3.8, 4) is 11.5 Å². The van der Waals surface area contributed by atoms with Crippen LogP contribution >= 0.6 is 0 Å². The molecule has 1 atom stereocenters. The maximum absolute atomic E-state index is 13.3. The summed E-state index contributed by atoms with van der Waals surface area (Å²) in [6, 6.07) is 12.3. The smallest absolute Gasteiger partial charge is 0.243 e. The van der Waals surface area contributed by atoms with Gasteiger partial charge in [-0.05, 0) is 44.0 Å². The molecule has 1 saturated heterocycles. The van der Waals surface area contributed by atoms with Crippen LogP contribution in [0.25, 0.3) is 0 Å². The second-order valence-corrected chi connectivity index (χ2v) is 8.41. The van der Waals surface area contributed by atoms with E-state index in [9.17, 15) is 8.42 Å². The van der Waals surface area contributed by atoms with Crippen LogP contribution in [0, 0.1) is 6.92 Å². The fraction of sp³-hybridized carbons (Fsp3) is 0.400. The molecule has 0 aliphatic carbocycles. The van der Waals surface area contributed by atoms with Crippen LogP contribution in [0.3, 0.4) is 0 Å². The molecule has 1 heterocycles. The Morgan fingerprint density at radius 2 is 1.58 bits per heavy atom. The minimum Gasteiger partial charge on any atom is -0.496 e. The number of sulfonamides is 1. The van der Waals surface area contributed by atoms with Crippen LogP contribution in [0.5, 0.6) is 11.5 Å². The maximum Gasteiger partial charge on any atom is 0.243 e. The van der Waals surface area contributed by atoms with Gasteiger partial charge in [-0.25, -0.2) is 8.42 Å². The number of nitrogens with zero attached hydrogens (tertiary/aromatic N) is 1. The monoisotopic (exact) mass is 375 g/mol. The number of aryl methyl sites for hydroxylation is 1. The third-order valence-corrected chi connectivity index (χ3v) is 6.80. The van der Waals surface area contributed by atoms with Gasteiger partial charge in [-0.3, -0.25) is 0 Å². The van der Waals surface area contributed by atoms with Crippen LogP contribution in [0.4, 0.5) is 0 Å². The molecule has 0 bridgehead atoms. The van der Waals surface area contributed by atoms with Crippen LogP contribution in [-0.4, -0.2) is 33.5 Å². The molecule has 2 aromatic rings. The Kier molecular flexibility index (Phi) is 5.53. The van der Waals surface area contributed by atoms with E-state index < -0.39 is 10.0 Å². The van der Waals surface area contributed by atoms with Gasteiger partial charge in [-0.2, -0.15) is 4.31 Å². The number of methoxy groups -OCH3 is 2. The van der Waals surface area contributed by atoms with Gasteiger partial charge in [-0.1, -0.05) is 30.2 Å². The Morgan fingerprint density at radius 1 is 0.962 bits per heavy atom. The largest absolute Gasteiger partial charge is 0.496 e. The van der Waals surface area contributed by atoms with E-state index in [4.69, 9.17) is 9.47 Å². The fourth-order valence-corrected chi connectivity index (χ4v) is 5.20. The number of ether oxygens (including phenoxy) is 2. The maximum atomic E-state index is 13.3. The zero-order valence-electron chi connectivity index (χ0n) is 15.4. The average Bonchev–Trinajstić information content (AvgIpc) is 2.67. The summed E-state index contributed by atoms with van der Waals surface area (Å²) >= 11 is 0. The SMILES string of the molecule is COc1cccc(OC)c1C1CCCCN1S(=O)(=O)c1ccc(C)cc1. The predicted octanol–water partition coefficient (Wildman–Crippen LogP) is 3.93. The summed E-state index contributed by atoms with van der Waals surface area (Å²) in [5.74, 6) is 1.31. The van der Waals surface area contributed by atoms with Crippen molar-refractivity contribution < 1.29 is 17.9 Å². The fourth-order valence-electron chi connectivity index (χ4n) is 3.54. The number of rotatable bonds is 5. The standard InChI is InChI=1S/C20H25NO4S/c1-15-10-12-16(13-11-15)26(22,23)21-14-5-4-7-17(21)20-18(24-2)8-6-9-19(20)25-3/h6,8-13,17H,4-5,7,14H2,1-3H3. The van der Waals surface area contributed by atoms with Gasteiger partial charge in [0, 0.05) is 6.54 Å². The van der Waals surface area contributed by atoms with E-state index in [-0.39, 0.29) is 6.04 Å². The highest BCUT2D eigenvalue weighted by molar-refractivity contribution is 7.89. The van der Waals surface area contributed by atoms with Crippen LogP contribution < -0.4 is 9.47 Å². The zero-order chi connectivity index (χ0) is 18.7. The molecule has 0 amide bonds. The van der Waals surface area contributed by atoms with Crippen molar-refractivity contribution in [2.45, 2.75) is 37.1 Å². The van der Waals surface area contributed by atoms with Gasteiger partial charge >= 0.3 is 0 Å². The summed E-state index contributed by atoms with van der Waals surface area (Å²) in [5, 5.41) is 0. The molecule has 3 rings (SSSR count). The highest BCUT2D eigenvalue weighted by Gasteiger charge is 2.37. The Labute approximate surface area is 155 Å². The van der Waals surface area contributed by atoms with Crippen molar-refractivity contribution in [1.29, 1.82) is 0 Å². The van der Waals surface area contributed by atoms with E-state index in [1.165, 1.54) is 0 Å². The molecule has 0 aromatic heterocycles. The van der Waals surface area contributed by atoms with Crippen LogP contribution in [-0.2, 0) is 10.0 Å². The van der Waals surface area contributed by atoms with Gasteiger partial charge in [0.15, 0.2) is 0 Å². The van der Waals surface area contributed by atoms with Gasteiger partial charge in [-0.15, -0.1) is 0 Å². The molecule has 1 aliphatic heterocycles. The molecule has 6 heteroatoms. The third kappa shape index (κ3) is 3.44. The highest BCUT2D eigenvalue weighted by Crippen LogP contribution is 2.43. The van der Waals surface area contributed by atoms with Crippen molar-refractivity contribution in [2.75, 3.05) is 20.8 Å². The quantitative estimate of drug-likeness (QED) is 0.795. The van der Waals surface area contributed by atoms with Gasteiger partial charge in [0.25, 0.3) is 0 Å². The average molecular weight is 375 g/mol. The Hall–Kier alpha value is -2.05. The van der Waals surface area contributed by atoms with Gasteiger partial charge in [0.05, 0.1) is 30.7 Å². The Morgan fingerprint density at radius 3 is 2.15 bits per heavy atom. The number of hydrogen-bond donors (Lipinski definition) is 0. The van der Waals surface area contributed by atoms with Crippen molar-refractivity contribution in [3.05, 3.63) is 53.6 Å². The van der Waals surface area contributed by atoms with E-state index in [1.54, 1.807) is 30.7 Å². The van der Waals surface area contributed by atoms with Gasteiger partial charge in [0.1, 0.15) is 11.5 Å². The first kappa shape index (κ1) is 18.7. The van der Waals surface area contributed by atoms with E-state index >= 15 is 0 Å². The molecular weight excluding hydrogens is 350 g/mol. The normalized spacial score (nSPS) is 18.5. The minimum atomic E-state index is -3.60. The molecule has 1 aliphatic rings. The van der Waals surface area contributed by atoms with Crippen LogP contribution in [0.1, 0.15) is 36.4 Å². The lowest BCUT2D eigenvalue weighted by Gasteiger charge is -2.36. The van der Waals surface area contributed by atoms with E-state index in [1.807, 2.05) is 37.3 Å². The molecule has 5 nitrogen and oxygen atoms in total. The molecular formula is C20H25NO4S. The van der Waals surface area contributed by atoms with Gasteiger partial charge in [0.2, 0.25) is 10.0 Å². The lowest BCUT2D eigenvalue weighted by atomic mass is 9.96. The summed E-state index contributed by atoms with van der Waals surface area (Å²) < 4.78 is 39.3. The first-order valence-electron chi connectivity index (χ1n) is 8.78. The number of benzene rings is 2. The van der Waals surface area contributed by atoms with Crippen molar-refractivity contribution in [2.24, 2.45) is 0 Å². The third-order valence-electron chi connectivity index (χ3n) is 4.88. The van der Waals surface area contributed by atoms with E-state index in [2.05, 4.69) is 0 Å². The zero-order valence-corrected chi connectivity index (χ0v) is 16.3. The molecule has 0 saturated carbocycles. The van der Waals surface area contributed by atoms with Crippen molar-refractivity contribution in [3.63, 3.8) is 0 Å². The first-order chi connectivity index (χ1) is 12.5. The first-order valence-corrected chi connectivity index (χ1v) is 10.2. The van der Waals surface area contributed by atoms with Crippen molar-refractivity contribution in [1.82, 2.24) is 4.31 Å². The molecule has 140 valence electrons. The lowest BCUT2D eigenvalue weighted by molar-refractivity contribution is 0.243. The molecule has 1 unspecified atom stereocenters. The molecule has 2 aromatic carbocycles. The Bertz CT molecular complexity index is 840. The summed E-state index contributed by atoms with van der Waals surface area (Å²) in [7, 11) is -0.410. The number of hydrogen-bond acceptors (Lipinski definition) is 4. The minimum absolute atomic E-state index is 0.304. The predicted molar refractivity (Wildman–Crippen MR) is 101 cm³/mol. The summed E-state index contributed by atoms with van der Waals surface area (Å²) in [6.45, 7) is 2.43. The Balaban J connectivity index is 2.08. The second kappa shape index (κ2) is 7.68. The van der Waals surface area contributed by atoms with Crippen LogP contribution in [0.15, 0.2) is 47.4 Å². The van der Waals surface area contributed by atoms with Crippen LogP contribution in [0.2, 0.25) is 0 Å². The lowest BCUT2D eigenvalue weighted by Crippen LogP contribution is -2.38. The highest BCUT2D eigenvalue weighted by atomic mass is 32.2. The van der Waals surface area contributed by atoms with Crippen molar-refractivity contribution >= 4 is 10.0 Å². The molecule has 1 fully saturated rings. The topological polar surface area (TPSA) is 55.8 Å². The number of piperidine rings is 1. The molecule has 0 radical (unpaired) electrons. The second-order valence-electron chi connectivity index (χ2n) is 6.52. The van der Waals surface area contributed by atoms with Gasteiger partial charge < -0.3 is 9.47 Å². The van der Waals surface area contributed by atoms with E-state index in [0.29, 0.717) is 22.9 Å². The summed E-state index contributed by atoms with van der Waals surface area (Å²) in [6.07, 6.45) is 2.55. The summed E-state index contributed by atoms with van der Waals surface area (Å²) in [4.78, 5) is 0.323. The summed E-state index contributed by atoms with van der Waals surface area (Å²) in [5.41, 5.74) is 1.83. The van der Waals surface area contributed by atoms with E-state index in [0.717, 1.165) is 30.4 Å². The molecule has 26 heavy (non-hydrogen) atoms. The molecule has 0 N–H and O–H groups in total.